The minimum absolute atomic E-state index is 0.141. The van der Waals surface area contributed by atoms with Gasteiger partial charge in [0.2, 0.25) is 0 Å². The third-order valence-electron chi connectivity index (χ3n) is 1.05. The predicted molar refractivity (Wildman–Crippen MR) is 28.3 cm³/mol. The second-order valence-electron chi connectivity index (χ2n) is 1.76. The average Bonchev–Trinajstić information content (AvgIpc) is 1.88. The maximum Gasteiger partial charge on any atom is 0.347 e. The SMILES string of the molecule is O=C(O)C1OCCOC1=O. The zero-order valence-electron chi connectivity index (χ0n) is 5.07. The molecule has 0 aromatic heterocycles. The summed E-state index contributed by atoms with van der Waals surface area (Å²) >= 11 is 0. The molecule has 10 heavy (non-hydrogen) atoms. The number of carboxylic acid groups (broad SMARTS) is 1. The average molecular weight is 146 g/mol. The number of carbonyl (C=O) groups excluding carboxylic acids is 1. The van der Waals surface area contributed by atoms with E-state index in [1.807, 2.05) is 0 Å². The van der Waals surface area contributed by atoms with E-state index in [1.54, 1.807) is 0 Å². The van der Waals surface area contributed by atoms with Crippen LogP contribution in [0.4, 0.5) is 0 Å². The van der Waals surface area contributed by atoms with Gasteiger partial charge in [-0.1, -0.05) is 0 Å². The fourth-order valence-electron chi connectivity index (χ4n) is 0.624. The van der Waals surface area contributed by atoms with Gasteiger partial charge in [0.1, 0.15) is 6.61 Å². The maximum absolute atomic E-state index is 10.5. The Morgan fingerprint density at radius 3 is 2.70 bits per heavy atom. The molecule has 0 aliphatic carbocycles. The van der Waals surface area contributed by atoms with Crippen LogP contribution in [-0.2, 0) is 19.1 Å². The van der Waals surface area contributed by atoms with Crippen molar-refractivity contribution >= 4 is 11.9 Å². The van der Waals surface area contributed by atoms with Crippen LogP contribution in [-0.4, -0.2) is 36.4 Å². The molecule has 1 saturated heterocycles. The van der Waals surface area contributed by atoms with Gasteiger partial charge in [-0.3, -0.25) is 0 Å². The summed E-state index contributed by atoms with van der Waals surface area (Å²) < 4.78 is 8.98. The predicted octanol–water partition coefficient (Wildman–Crippen LogP) is -0.987. The lowest BCUT2D eigenvalue weighted by Gasteiger charge is -2.17. The van der Waals surface area contributed by atoms with E-state index < -0.39 is 18.0 Å². The van der Waals surface area contributed by atoms with Gasteiger partial charge in [-0.2, -0.15) is 0 Å². The van der Waals surface area contributed by atoms with E-state index in [9.17, 15) is 9.59 Å². The highest BCUT2D eigenvalue weighted by Crippen LogP contribution is 2.01. The van der Waals surface area contributed by atoms with Crippen LogP contribution in [0.2, 0.25) is 0 Å². The number of cyclic esters (lactones) is 1. The number of ether oxygens (including phenoxy) is 2. The molecule has 1 aliphatic rings. The molecule has 0 saturated carbocycles. The number of esters is 1. The second kappa shape index (κ2) is 2.66. The van der Waals surface area contributed by atoms with Crippen molar-refractivity contribution in [2.75, 3.05) is 13.2 Å². The van der Waals surface area contributed by atoms with Gasteiger partial charge in [0.15, 0.2) is 0 Å². The molecule has 0 bridgehead atoms. The Morgan fingerprint density at radius 1 is 1.60 bits per heavy atom. The van der Waals surface area contributed by atoms with Crippen LogP contribution in [0.5, 0.6) is 0 Å². The largest absolute Gasteiger partial charge is 0.479 e. The van der Waals surface area contributed by atoms with Crippen molar-refractivity contribution in [1.29, 1.82) is 0 Å². The fourth-order valence-corrected chi connectivity index (χ4v) is 0.624. The maximum atomic E-state index is 10.5. The standard InChI is InChI=1S/C5H6O5/c6-4(7)3-5(8)10-2-1-9-3/h3H,1-2H2,(H,6,7). The summed E-state index contributed by atoms with van der Waals surface area (Å²) in [6.07, 6.45) is -1.42. The molecular weight excluding hydrogens is 140 g/mol. The highest BCUT2D eigenvalue weighted by Gasteiger charge is 2.31. The zero-order chi connectivity index (χ0) is 7.56. The third kappa shape index (κ3) is 1.24. The minimum Gasteiger partial charge on any atom is -0.479 e. The Hall–Kier alpha value is -1.10. The first-order valence-corrected chi connectivity index (χ1v) is 2.73. The number of carboxylic acids is 1. The number of hydrogen-bond donors (Lipinski definition) is 1. The van der Waals surface area contributed by atoms with Crippen molar-refractivity contribution in [3.63, 3.8) is 0 Å². The molecule has 0 aromatic carbocycles. The van der Waals surface area contributed by atoms with E-state index in [0.29, 0.717) is 0 Å². The van der Waals surface area contributed by atoms with Crippen molar-refractivity contribution < 1.29 is 24.2 Å². The van der Waals surface area contributed by atoms with Crippen molar-refractivity contribution in [2.24, 2.45) is 0 Å². The summed E-state index contributed by atoms with van der Waals surface area (Å²) in [6.45, 7) is 0.297. The Morgan fingerprint density at radius 2 is 2.30 bits per heavy atom. The monoisotopic (exact) mass is 146 g/mol. The van der Waals surface area contributed by atoms with Crippen LogP contribution in [0.1, 0.15) is 0 Å². The Labute approximate surface area is 56.5 Å². The molecule has 56 valence electrons. The van der Waals surface area contributed by atoms with Gasteiger partial charge in [0.05, 0.1) is 6.61 Å². The third-order valence-corrected chi connectivity index (χ3v) is 1.05. The van der Waals surface area contributed by atoms with Gasteiger partial charge < -0.3 is 14.6 Å². The lowest BCUT2D eigenvalue weighted by Crippen LogP contribution is -2.39. The van der Waals surface area contributed by atoms with Crippen LogP contribution < -0.4 is 0 Å². The second-order valence-corrected chi connectivity index (χ2v) is 1.76. The smallest absolute Gasteiger partial charge is 0.347 e. The first-order valence-electron chi connectivity index (χ1n) is 2.73. The van der Waals surface area contributed by atoms with E-state index >= 15 is 0 Å². The Balaban J connectivity index is 2.56. The van der Waals surface area contributed by atoms with Gasteiger partial charge in [-0.05, 0) is 0 Å². The molecule has 5 heteroatoms. The molecule has 0 amide bonds. The highest BCUT2D eigenvalue weighted by molar-refractivity contribution is 5.97. The molecule has 0 aromatic rings. The molecule has 5 nitrogen and oxygen atoms in total. The summed E-state index contributed by atoms with van der Waals surface area (Å²) in [7, 11) is 0. The number of aliphatic carboxylic acids is 1. The van der Waals surface area contributed by atoms with E-state index in [1.165, 1.54) is 0 Å². The summed E-state index contributed by atoms with van der Waals surface area (Å²) in [5.74, 6) is -2.12. The van der Waals surface area contributed by atoms with Gasteiger partial charge in [0, 0.05) is 0 Å². The van der Waals surface area contributed by atoms with Crippen molar-refractivity contribution in [2.45, 2.75) is 6.10 Å². The molecule has 1 rings (SSSR count). The molecule has 1 fully saturated rings. The lowest BCUT2D eigenvalue weighted by atomic mass is 10.3. The van der Waals surface area contributed by atoms with Crippen LogP contribution >= 0.6 is 0 Å². The molecule has 1 atom stereocenters. The first kappa shape index (κ1) is 7.01. The Bertz CT molecular complexity index is 163. The van der Waals surface area contributed by atoms with E-state index in [-0.39, 0.29) is 13.2 Å². The Kier molecular flexibility index (Phi) is 1.86. The zero-order valence-corrected chi connectivity index (χ0v) is 5.07. The van der Waals surface area contributed by atoms with Crippen LogP contribution in [0, 0.1) is 0 Å². The van der Waals surface area contributed by atoms with Gasteiger partial charge in [0.25, 0.3) is 6.10 Å². The van der Waals surface area contributed by atoms with Crippen molar-refractivity contribution in [3.8, 4) is 0 Å². The summed E-state index contributed by atoms with van der Waals surface area (Å²) in [4.78, 5) is 20.6. The van der Waals surface area contributed by atoms with Crippen molar-refractivity contribution in [3.05, 3.63) is 0 Å². The minimum atomic E-state index is -1.42. The number of hydrogen-bond acceptors (Lipinski definition) is 4. The molecule has 0 spiro atoms. The normalized spacial score (nSPS) is 25.6. The number of rotatable bonds is 1. The number of carbonyl (C=O) groups is 2. The van der Waals surface area contributed by atoms with Gasteiger partial charge in [-0.15, -0.1) is 0 Å². The van der Waals surface area contributed by atoms with Gasteiger partial charge in [-0.25, -0.2) is 9.59 Å². The lowest BCUT2D eigenvalue weighted by molar-refractivity contribution is -0.181. The van der Waals surface area contributed by atoms with E-state index in [0.717, 1.165) is 0 Å². The molecule has 1 heterocycles. The van der Waals surface area contributed by atoms with E-state index in [2.05, 4.69) is 9.47 Å². The van der Waals surface area contributed by atoms with E-state index in [4.69, 9.17) is 5.11 Å². The van der Waals surface area contributed by atoms with Gasteiger partial charge >= 0.3 is 11.9 Å². The van der Waals surface area contributed by atoms with Crippen LogP contribution in [0.3, 0.4) is 0 Å². The molecular formula is C5H6O5. The summed E-state index contributed by atoms with van der Waals surface area (Å²) in [5.41, 5.74) is 0. The molecule has 1 N–H and O–H groups in total. The molecule has 0 radical (unpaired) electrons. The van der Waals surface area contributed by atoms with Crippen LogP contribution in [0.15, 0.2) is 0 Å². The topological polar surface area (TPSA) is 72.8 Å². The quantitative estimate of drug-likeness (QED) is 0.380. The first-order chi connectivity index (χ1) is 4.72. The van der Waals surface area contributed by atoms with Crippen LogP contribution in [0.25, 0.3) is 0 Å². The molecule has 1 aliphatic heterocycles. The fraction of sp³-hybridized carbons (Fsp3) is 0.600. The summed E-state index contributed by atoms with van der Waals surface area (Å²) in [5, 5.41) is 8.28. The molecule has 1 unspecified atom stereocenters. The highest BCUT2D eigenvalue weighted by atomic mass is 16.6. The van der Waals surface area contributed by atoms with Crippen molar-refractivity contribution in [1.82, 2.24) is 0 Å². The summed E-state index contributed by atoms with van der Waals surface area (Å²) in [6, 6.07) is 0.